The van der Waals surface area contributed by atoms with Crippen LogP contribution in [0, 0.1) is 0 Å². The maximum absolute atomic E-state index is 13.4. The van der Waals surface area contributed by atoms with E-state index in [1.165, 1.54) is 0 Å². The average molecular weight is 502 g/mol. The monoisotopic (exact) mass is 501 g/mol. The minimum Gasteiger partial charge on any atom is -0.378 e. The standard InChI is InChI=1S/C25H27N9O3/c1-3-34-14-17-21(32-34)22(31-25(2,36)18-6-4-5-7-26-18)20(24(35)30-17)23-28-15-12-19(27-13-16(15)29-23)33-8-10-37-11-9-33/h4-7,12-14,31,36H,3,8-11H2,1-2H3,(H,28,29)(H,30,35)/t25-/m0/s1. The summed E-state index contributed by atoms with van der Waals surface area (Å²) in [6.07, 6.45) is 5.08. The van der Waals surface area contributed by atoms with Crippen molar-refractivity contribution in [1.29, 1.82) is 0 Å². The Morgan fingerprint density at radius 2 is 2.03 bits per heavy atom. The number of ether oxygens (including phenoxy) is 1. The lowest BCUT2D eigenvalue weighted by Crippen LogP contribution is -2.36. The molecule has 0 aromatic carbocycles. The van der Waals surface area contributed by atoms with E-state index in [-0.39, 0.29) is 11.1 Å². The highest BCUT2D eigenvalue weighted by Crippen LogP contribution is 2.34. The van der Waals surface area contributed by atoms with Gasteiger partial charge in [0, 0.05) is 38.1 Å². The second kappa shape index (κ2) is 8.98. The maximum Gasteiger partial charge on any atom is 0.261 e. The molecule has 37 heavy (non-hydrogen) atoms. The predicted molar refractivity (Wildman–Crippen MR) is 139 cm³/mol. The Labute approximate surface area is 211 Å². The van der Waals surface area contributed by atoms with E-state index < -0.39 is 5.72 Å². The van der Waals surface area contributed by atoms with Crippen LogP contribution in [0.25, 0.3) is 33.5 Å². The molecule has 12 heteroatoms. The fourth-order valence-corrected chi connectivity index (χ4v) is 4.56. The first-order chi connectivity index (χ1) is 17.9. The summed E-state index contributed by atoms with van der Waals surface area (Å²) in [7, 11) is 0. The number of H-pyrrole nitrogens is 2. The third-order valence-corrected chi connectivity index (χ3v) is 6.50. The number of nitrogens with zero attached hydrogens (tertiary/aromatic N) is 6. The van der Waals surface area contributed by atoms with Crippen LogP contribution in [0.2, 0.25) is 0 Å². The van der Waals surface area contributed by atoms with E-state index in [0.717, 1.165) is 18.9 Å². The van der Waals surface area contributed by atoms with Gasteiger partial charge < -0.3 is 30.0 Å². The average Bonchev–Trinajstić information content (AvgIpc) is 3.53. The minimum absolute atomic E-state index is 0.231. The van der Waals surface area contributed by atoms with Crippen LogP contribution < -0.4 is 15.8 Å². The molecule has 1 fully saturated rings. The molecule has 6 heterocycles. The van der Waals surface area contributed by atoms with Crippen LogP contribution in [-0.4, -0.2) is 66.1 Å². The number of morpholine rings is 1. The molecule has 5 aromatic heterocycles. The summed E-state index contributed by atoms with van der Waals surface area (Å²) in [5.74, 6) is 1.14. The van der Waals surface area contributed by atoms with E-state index in [1.54, 1.807) is 48.4 Å². The lowest BCUT2D eigenvalue weighted by Gasteiger charge is -2.27. The smallest absolute Gasteiger partial charge is 0.261 e. The second-order valence-electron chi connectivity index (χ2n) is 9.11. The van der Waals surface area contributed by atoms with Crippen LogP contribution in [0.3, 0.4) is 0 Å². The van der Waals surface area contributed by atoms with Crippen molar-refractivity contribution in [2.24, 2.45) is 0 Å². The Balaban J connectivity index is 1.50. The third-order valence-electron chi connectivity index (χ3n) is 6.50. The molecular weight excluding hydrogens is 474 g/mol. The zero-order valence-corrected chi connectivity index (χ0v) is 20.5. The van der Waals surface area contributed by atoms with E-state index in [1.807, 2.05) is 13.0 Å². The molecule has 1 atom stereocenters. The number of aryl methyl sites for hydroxylation is 1. The lowest BCUT2D eigenvalue weighted by molar-refractivity contribution is 0.0842. The highest BCUT2D eigenvalue weighted by molar-refractivity contribution is 5.96. The van der Waals surface area contributed by atoms with Gasteiger partial charge >= 0.3 is 0 Å². The minimum atomic E-state index is -1.59. The van der Waals surface area contributed by atoms with Gasteiger partial charge in [-0.15, -0.1) is 0 Å². The highest BCUT2D eigenvalue weighted by atomic mass is 16.5. The van der Waals surface area contributed by atoms with Gasteiger partial charge in [0.15, 0.2) is 5.72 Å². The lowest BCUT2D eigenvalue weighted by atomic mass is 10.1. The zero-order chi connectivity index (χ0) is 25.6. The predicted octanol–water partition coefficient (Wildman–Crippen LogP) is 2.19. The van der Waals surface area contributed by atoms with E-state index in [4.69, 9.17) is 9.72 Å². The molecule has 1 saturated heterocycles. The number of hydrogen-bond donors (Lipinski definition) is 4. The molecular formula is C25H27N9O3. The fourth-order valence-electron chi connectivity index (χ4n) is 4.56. The molecule has 1 aliphatic rings. The molecule has 0 aliphatic carbocycles. The van der Waals surface area contributed by atoms with Gasteiger partial charge in [0.2, 0.25) is 0 Å². The number of imidazole rings is 1. The van der Waals surface area contributed by atoms with Crippen molar-refractivity contribution in [2.75, 3.05) is 36.5 Å². The topological polar surface area (TPSA) is 150 Å². The van der Waals surface area contributed by atoms with Gasteiger partial charge in [-0.05, 0) is 26.0 Å². The van der Waals surface area contributed by atoms with Crippen molar-refractivity contribution in [1.82, 2.24) is 34.7 Å². The maximum atomic E-state index is 13.4. The molecule has 6 rings (SSSR count). The van der Waals surface area contributed by atoms with Gasteiger partial charge in [-0.3, -0.25) is 14.5 Å². The summed E-state index contributed by atoms with van der Waals surface area (Å²) >= 11 is 0. The highest BCUT2D eigenvalue weighted by Gasteiger charge is 2.29. The summed E-state index contributed by atoms with van der Waals surface area (Å²) in [6.45, 7) is 6.96. The number of nitrogens with one attached hydrogen (secondary N) is 3. The van der Waals surface area contributed by atoms with E-state index in [9.17, 15) is 9.90 Å². The number of pyridine rings is 3. The number of aliphatic hydroxyl groups is 1. The van der Waals surface area contributed by atoms with Crippen LogP contribution in [0.4, 0.5) is 11.5 Å². The SMILES string of the molecule is CCn1cc2[nH]c(=O)c(-c3nc4cc(N5CCOCC5)ncc4[nH]3)c(N[C@@](C)(O)c3ccccn3)c2n1. The van der Waals surface area contributed by atoms with Crippen LogP contribution in [0.15, 0.2) is 47.7 Å². The molecule has 4 N–H and O–H groups in total. The summed E-state index contributed by atoms with van der Waals surface area (Å²) in [6, 6.07) is 7.17. The number of aromatic nitrogens is 7. The summed E-state index contributed by atoms with van der Waals surface area (Å²) in [5.41, 5.74) is 1.42. The van der Waals surface area contributed by atoms with Crippen molar-refractivity contribution in [2.45, 2.75) is 26.1 Å². The Morgan fingerprint density at radius 1 is 1.19 bits per heavy atom. The fraction of sp³-hybridized carbons (Fsp3) is 0.320. The summed E-state index contributed by atoms with van der Waals surface area (Å²) in [4.78, 5) is 35.3. The number of aromatic amines is 2. The van der Waals surface area contributed by atoms with Crippen LogP contribution in [0.1, 0.15) is 19.5 Å². The van der Waals surface area contributed by atoms with Gasteiger partial charge in [-0.1, -0.05) is 6.07 Å². The molecule has 0 amide bonds. The van der Waals surface area contributed by atoms with E-state index >= 15 is 0 Å². The van der Waals surface area contributed by atoms with Crippen LogP contribution in [-0.2, 0) is 17.0 Å². The van der Waals surface area contributed by atoms with Crippen LogP contribution in [0.5, 0.6) is 0 Å². The van der Waals surface area contributed by atoms with Crippen molar-refractivity contribution in [3.8, 4) is 11.4 Å². The third kappa shape index (κ3) is 4.19. The van der Waals surface area contributed by atoms with Crippen LogP contribution >= 0.6 is 0 Å². The van der Waals surface area contributed by atoms with E-state index in [0.29, 0.717) is 59.0 Å². The van der Waals surface area contributed by atoms with Gasteiger partial charge in [0.05, 0.1) is 47.3 Å². The second-order valence-corrected chi connectivity index (χ2v) is 9.11. The molecule has 12 nitrogen and oxygen atoms in total. The van der Waals surface area contributed by atoms with Gasteiger partial charge in [-0.2, -0.15) is 5.10 Å². The van der Waals surface area contributed by atoms with Gasteiger partial charge in [-0.25, -0.2) is 9.97 Å². The van der Waals surface area contributed by atoms with Crippen molar-refractivity contribution >= 4 is 33.6 Å². The molecule has 1 aliphatic heterocycles. The number of anilines is 2. The van der Waals surface area contributed by atoms with Gasteiger partial charge in [0.25, 0.3) is 5.56 Å². The molecule has 0 saturated carbocycles. The quantitative estimate of drug-likeness (QED) is 0.257. The van der Waals surface area contributed by atoms with Crippen molar-refractivity contribution in [3.63, 3.8) is 0 Å². The molecule has 0 bridgehead atoms. The van der Waals surface area contributed by atoms with Crippen molar-refractivity contribution in [3.05, 3.63) is 58.9 Å². The first kappa shape index (κ1) is 23.1. The zero-order valence-electron chi connectivity index (χ0n) is 20.5. The Hall–Kier alpha value is -4.29. The Bertz CT molecular complexity index is 1630. The van der Waals surface area contributed by atoms with E-state index in [2.05, 4.69) is 35.3 Å². The first-order valence-corrected chi connectivity index (χ1v) is 12.2. The normalized spacial score (nSPS) is 15.8. The Kier molecular flexibility index (Phi) is 5.61. The number of fused-ring (bicyclic) bond motifs is 2. The molecule has 190 valence electrons. The number of hydrogen-bond acceptors (Lipinski definition) is 9. The summed E-state index contributed by atoms with van der Waals surface area (Å²) < 4.78 is 7.17. The van der Waals surface area contributed by atoms with Crippen molar-refractivity contribution < 1.29 is 9.84 Å². The molecule has 0 spiro atoms. The summed E-state index contributed by atoms with van der Waals surface area (Å²) in [5, 5.41) is 19.1. The largest absolute Gasteiger partial charge is 0.378 e. The first-order valence-electron chi connectivity index (χ1n) is 12.2. The van der Waals surface area contributed by atoms with Gasteiger partial charge in [0.1, 0.15) is 22.7 Å². The molecule has 0 radical (unpaired) electrons. The molecule has 0 unspecified atom stereocenters. The number of rotatable bonds is 6. The molecule has 5 aromatic rings. The Morgan fingerprint density at radius 3 is 2.78 bits per heavy atom.